The van der Waals surface area contributed by atoms with Crippen molar-refractivity contribution in [3.63, 3.8) is 0 Å². The molecule has 0 saturated carbocycles. The number of alkyl halides is 1. The molecule has 2 rings (SSSR count). The molecule has 0 radical (unpaired) electrons. The van der Waals surface area contributed by atoms with Crippen LogP contribution in [0.5, 0.6) is 0 Å². The lowest BCUT2D eigenvalue weighted by Gasteiger charge is -2.21. The number of nitrogens with zero attached hydrogens (tertiary/aromatic N) is 1. The number of halogens is 1. The Labute approximate surface area is 99.9 Å². The maximum Gasteiger partial charge on any atom is 0.0442 e. The molecule has 80 valence electrons. The molecule has 1 heterocycles. The molecule has 1 saturated heterocycles. The molecule has 0 unspecified atom stereocenters. The summed E-state index contributed by atoms with van der Waals surface area (Å²) in [6, 6.07) is 8.56. The minimum Gasteiger partial charge on any atom is -0.371 e. The van der Waals surface area contributed by atoms with Gasteiger partial charge >= 0.3 is 0 Å². The van der Waals surface area contributed by atoms with Gasteiger partial charge < -0.3 is 4.90 Å². The molecule has 0 bridgehead atoms. The first-order chi connectivity index (χ1) is 7.33. The van der Waals surface area contributed by atoms with E-state index in [1.54, 1.807) is 0 Å². The monoisotopic (exact) mass is 265 g/mol. The Bertz CT molecular complexity index is 353. The van der Waals surface area contributed by atoms with Crippen molar-refractivity contribution in [1.82, 2.24) is 0 Å². The van der Waals surface area contributed by atoms with E-state index in [1.807, 2.05) is 0 Å². The third kappa shape index (κ3) is 2.25. The van der Waals surface area contributed by atoms with Gasteiger partial charge in [-0.2, -0.15) is 0 Å². The van der Waals surface area contributed by atoms with Crippen LogP contribution in [0.1, 0.15) is 18.4 Å². The summed E-state index contributed by atoms with van der Waals surface area (Å²) < 4.78 is 0. The maximum atomic E-state index is 4.10. The van der Waals surface area contributed by atoms with Crippen LogP contribution in [-0.4, -0.2) is 18.4 Å². The summed E-state index contributed by atoms with van der Waals surface area (Å²) in [5.74, 6) is 0. The second-order valence-corrected chi connectivity index (χ2v) is 4.51. The standard InChI is InChI=1S/C13H16BrN/c1-11(10-14)12-6-2-3-7-13(12)15-8-4-5-9-15/h2-3,6-7H,1,4-5,8-10H2. The van der Waals surface area contributed by atoms with Crippen molar-refractivity contribution in [2.75, 3.05) is 23.3 Å². The fraction of sp³-hybridized carbons (Fsp3) is 0.385. The lowest BCUT2D eigenvalue weighted by Crippen LogP contribution is -2.19. The molecule has 0 spiro atoms. The van der Waals surface area contributed by atoms with Crippen LogP contribution in [0, 0.1) is 0 Å². The van der Waals surface area contributed by atoms with Crippen molar-refractivity contribution in [3.05, 3.63) is 36.4 Å². The Morgan fingerprint density at radius 1 is 1.27 bits per heavy atom. The zero-order valence-electron chi connectivity index (χ0n) is 8.88. The molecule has 1 aromatic rings. The van der Waals surface area contributed by atoms with E-state index in [2.05, 4.69) is 51.7 Å². The number of allylic oxidation sites excluding steroid dienone is 1. The first-order valence-electron chi connectivity index (χ1n) is 5.41. The number of hydrogen-bond acceptors (Lipinski definition) is 1. The zero-order valence-corrected chi connectivity index (χ0v) is 10.5. The Hall–Kier alpha value is -0.760. The van der Waals surface area contributed by atoms with Crippen LogP contribution >= 0.6 is 15.9 Å². The third-order valence-corrected chi connectivity index (χ3v) is 3.57. The minimum atomic E-state index is 0.845. The lowest BCUT2D eigenvalue weighted by atomic mass is 10.1. The van der Waals surface area contributed by atoms with Gasteiger partial charge in [-0.3, -0.25) is 0 Å². The molecule has 1 aliphatic rings. The molecule has 1 fully saturated rings. The fourth-order valence-electron chi connectivity index (χ4n) is 2.08. The van der Waals surface area contributed by atoms with Crippen LogP contribution in [-0.2, 0) is 0 Å². The third-order valence-electron chi connectivity index (χ3n) is 2.89. The van der Waals surface area contributed by atoms with Gasteiger partial charge in [0.15, 0.2) is 0 Å². The van der Waals surface area contributed by atoms with Gasteiger partial charge in [0.2, 0.25) is 0 Å². The Balaban J connectivity index is 2.32. The van der Waals surface area contributed by atoms with Gasteiger partial charge in [-0.25, -0.2) is 0 Å². The van der Waals surface area contributed by atoms with Gasteiger partial charge in [0.1, 0.15) is 0 Å². The summed E-state index contributed by atoms with van der Waals surface area (Å²) in [6.45, 7) is 6.48. The van der Waals surface area contributed by atoms with E-state index in [-0.39, 0.29) is 0 Å². The van der Waals surface area contributed by atoms with Crippen molar-refractivity contribution in [3.8, 4) is 0 Å². The number of hydrogen-bond donors (Lipinski definition) is 0. The molecule has 1 aromatic carbocycles. The highest BCUT2D eigenvalue weighted by Gasteiger charge is 2.15. The highest BCUT2D eigenvalue weighted by Crippen LogP contribution is 2.29. The van der Waals surface area contributed by atoms with Crippen LogP contribution < -0.4 is 4.90 Å². The SMILES string of the molecule is C=C(CBr)c1ccccc1N1CCCC1. The molecule has 15 heavy (non-hydrogen) atoms. The van der Waals surface area contributed by atoms with Crippen LogP contribution in [0.4, 0.5) is 5.69 Å². The first-order valence-corrected chi connectivity index (χ1v) is 6.53. The summed E-state index contributed by atoms with van der Waals surface area (Å²) in [5.41, 5.74) is 3.80. The molecule has 0 aliphatic carbocycles. The topological polar surface area (TPSA) is 3.24 Å². The molecular formula is C13H16BrN. The van der Waals surface area contributed by atoms with Gasteiger partial charge in [0.25, 0.3) is 0 Å². The summed E-state index contributed by atoms with van der Waals surface area (Å²) in [5, 5.41) is 0.845. The van der Waals surface area contributed by atoms with Gasteiger partial charge in [0.05, 0.1) is 0 Å². The fourth-order valence-corrected chi connectivity index (χ4v) is 2.38. The highest BCUT2D eigenvalue weighted by atomic mass is 79.9. The van der Waals surface area contributed by atoms with E-state index in [0.717, 1.165) is 10.9 Å². The van der Waals surface area contributed by atoms with Crippen LogP contribution in [0.15, 0.2) is 30.8 Å². The predicted octanol–water partition coefficient (Wildman–Crippen LogP) is 3.69. The average Bonchev–Trinajstić information content (AvgIpc) is 2.81. The smallest absolute Gasteiger partial charge is 0.0442 e. The van der Waals surface area contributed by atoms with Crippen molar-refractivity contribution >= 4 is 27.2 Å². The molecule has 2 heteroatoms. The van der Waals surface area contributed by atoms with E-state index in [4.69, 9.17) is 0 Å². The zero-order chi connectivity index (χ0) is 10.7. The highest BCUT2D eigenvalue weighted by molar-refractivity contribution is 9.09. The van der Waals surface area contributed by atoms with Gasteiger partial charge in [-0.1, -0.05) is 40.7 Å². The molecule has 1 aliphatic heterocycles. The van der Waals surface area contributed by atoms with Crippen molar-refractivity contribution in [1.29, 1.82) is 0 Å². The molecule has 1 nitrogen and oxygen atoms in total. The Morgan fingerprint density at radius 2 is 1.93 bits per heavy atom. The van der Waals surface area contributed by atoms with Crippen molar-refractivity contribution < 1.29 is 0 Å². The van der Waals surface area contributed by atoms with Gasteiger partial charge in [-0.15, -0.1) is 0 Å². The van der Waals surface area contributed by atoms with E-state index in [1.165, 1.54) is 37.2 Å². The molecule has 0 amide bonds. The van der Waals surface area contributed by atoms with Gasteiger partial charge in [-0.05, 0) is 24.5 Å². The second kappa shape index (κ2) is 4.84. The van der Waals surface area contributed by atoms with Gasteiger partial charge in [0, 0.05) is 29.7 Å². The second-order valence-electron chi connectivity index (χ2n) is 3.95. The maximum absolute atomic E-state index is 4.10. The summed E-state index contributed by atoms with van der Waals surface area (Å²) in [6.07, 6.45) is 2.63. The number of rotatable bonds is 3. The average molecular weight is 266 g/mol. The number of benzene rings is 1. The molecule has 0 N–H and O–H groups in total. The first kappa shape index (κ1) is 10.7. The van der Waals surface area contributed by atoms with Crippen LogP contribution in [0.2, 0.25) is 0 Å². The van der Waals surface area contributed by atoms with Crippen LogP contribution in [0.25, 0.3) is 5.57 Å². The normalized spacial score (nSPS) is 15.7. The molecule has 0 atom stereocenters. The Kier molecular flexibility index (Phi) is 3.47. The molecular weight excluding hydrogens is 250 g/mol. The van der Waals surface area contributed by atoms with Crippen molar-refractivity contribution in [2.45, 2.75) is 12.8 Å². The van der Waals surface area contributed by atoms with E-state index < -0.39 is 0 Å². The predicted molar refractivity (Wildman–Crippen MR) is 70.7 cm³/mol. The molecule has 0 aromatic heterocycles. The van der Waals surface area contributed by atoms with E-state index in [0.29, 0.717) is 0 Å². The van der Waals surface area contributed by atoms with Crippen LogP contribution in [0.3, 0.4) is 0 Å². The minimum absolute atomic E-state index is 0.845. The number of anilines is 1. The quantitative estimate of drug-likeness (QED) is 0.754. The van der Waals surface area contributed by atoms with E-state index in [9.17, 15) is 0 Å². The summed E-state index contributed by atoms with van der Waals surface area (Å²) >= 11 is 3.48. The van der Waals surface area contributed by atoms with E-state index >= 15 is 0 Å². The lowest BCUT2D eigenvalue weighted by molar-refractivity contribution is 0.949. The largest absolute Gasteiger partial charge is 0.371 e. The van der Waals surface area contributed by atoms with Crippen molar-refractivity contribution in [2.24, 2.45) is 0 Å². The summed E-state index contributed by atoms with van der Waals surface area (Å²) in [7, 11) is 0. The summed E-state index contributed by atoms with van der Waals surface area (Å²) in [4.78, 5) is 2.46. The number of para-hydroxylation sites is 1. The Morgan fingerprint density at radius 3 is 2.60 bits per heavy atom.